The number of benzene rings is 3. The van der Waals surface area contributed by atoms with Crippen LogP contribution in [0, 0.1) is 0 Å². The maximum Gasteiger partial charge on any atom is 0.264 e. The smallest absolute Gasteiger partial charge is 0.264 e. The third kappa shape index (κ3) is 4.59. The lowest BCUT2D eigenvalue weighted by atomic mass is 10.2. The Bertz CT molecular complexity index is 1230. The Morgan fingerprint density at radius 1 is 1.06 bits per heavy atom. The van der Waals surface area contributed by atoms with Crippen molar-refractivity contribution in [3.63, 3.8) is 0 Å². The predicted molar refractivity (Wildman–Crippen MR) is 125 cm³/mol. The number of hydrogen-bond donors (Lipinski definition) is 0. The van der Waals surface area contributed by atoms with Crippen LogP contribution in [-0.2, 0) is 27.8 Å². The van der Waals surface area contributed by atoms with Crippen LogP contribution in [0.4, 0.5) is 5.69 Å². The molecule has 0 spiro atoms. The summed E-state index contributed by atoms with van der Waals surface area (Å²) in [6.45, 7) is 0.652. The van der Waals surface area contributed by atoms with Gasteiger partial charge in [0.15, 0.2) is 6.61 Å². The van der Waals surface area contributed by atoms with Gasteiger partial charge >= 0.3 is 0 Å². The van der Waals surface area contributed by atoms with Crippen molar-refractivity contribution in [1.29, 1.82) is 0 Å². The first-order chi connectivity index (χ1) is 15.4. The molecular formula is C24H23ClN2O4S. The molecule has 166 valence electrons. The number of likely N-dealkylation sites (N-methyl/N-ethyl adjacent to an activating group) is 1. The van der Waals surface area contributed by atoms with Crippen molar-refractivity contribution in [1.82, 2.24) is 4.90 Å². The number of sulfonamides is 1. The van der Waals surface area contributed by atoms with Gasteiger partial charge in [0.05, 0.1) is 15.6 Å². The number of fused-ring (bicyclic) bond motifs is 1. The number of amides is 1. The normalized spacial score (nSPS) is 13.0. The summed E-state index contributed by atoms with van der Waals surface area (Å²) in [6, 6.07) is 21.4. The molecule has 32 heavy (non-hydrogen) atoms. The van der Waals surface area contributed by atoms with E-state index in [0.717, 1.165) is 11.1 Å². The molecule has 0 unspecified atom stereocenters. The molecular weight excluding hydrogens is 448 g/mol. The Morgan fingerprint density at radius 2 is 1.78 bits per heavy atom. The summed E-state index contributed by atoms with van der Waals surface area (Å²) in [7, 11) is -2.05. The number of ether oxygens (including phenoxy) is 1. The van der Waals surface area contributed by atoms with Crippen LogP contribution in [0.25, 0.3) is 0 Å². The van der Waals surface area contributed by atoms with Gasteiger partial charge in [-0.15, -0.1) is 0 Å². The number of anilines is 1. The highest BCUT2D eigenvalue weighted by Gasteiger charge is 2.31. The number of rotatable bonds is 7. The van der Waals surface area contributed by atoms with E-state index in [9.17, 15) is 13.2 Å². The summed E-state index contributed by atoms with van der Waals surface area (Å²) in [5.41, 5.74) is 2.70. The Morgan fingerprint density at radius 3 is 2.53 bits per heavy atom. The topological polar surface area (TPSA) is 66.9 Å². The van der Waals surface area contributed by atoms with Crippen molar-refractivity contribution in [3.8, 4) is 5.75 Å². The van der Waals surface area contributed by atoms with Gasteiger partial charge in [-0.05, 0) is 41.8 Å². The van der Waals surface area contributed by atoms with Gasteiger partial charge in [0, 0.05) is 20.1 Å². The standard InChI is InChI=1S/C24H23ClN2O4S/c1-26(16-18-7-3-2-4-8-18)24(28)17-31-23-12-11-20(15-21(23)25)32(29,30)27-14-13-19-9-5-6-10-22(19)27/h2-12,15H,13-14,16-17H2,1H3. The highest BCUT2D eigenvalue weighted by atomic mass is 35.5. The fourth-order valence-corrected chi connectivity index (χ4v) is 5.47. The minimum absolute atomic E-state index is 0.0825. The fourth-order valence-electron chi connectivity index (χ4n) is 3.64. The molecule has 0 aromatic heterocycles. The average Bonchev–Trinajstić information content (AvgIpc) is 3.23. The molecule has 0 aliphatic carbocycles. The van der Waals surface area contributed by atoms with Crippen LogP contribution in [0.5, 0.6) is 5.75 Å². The molecule has 0 atom stereocenters. The SMILES string of the molecule is CN(Cc1ccccc1)C(=O)COc1ccc(S(=O)(=O)N2CCc3ccccc32)cc1Cl. The van der Waals surface area contributed by atoms with Crippen LogP contribution in [0.3, 0.4) is 0 Å². The van der Waals surface area contributed by atoms with E-state index >= 15 is 0 Å². The second-order valence-electron chi connectivity index (χ2n) is 7.57. The van der Waals surface area contributed by atoms with Gasteiger partial charge in [-0.1, -0.05) is 60.1 Å². The van der Waals surface area contributed by atoms with Crippen LogP contribution < -0.4 is 9.04 Å². The second kappa shape index (κ2) is 9.22. The van der Waals surface area contributed by atoms with Gasteiger partial charge in [-0.25, -0.2) is 8.42 Å². The first-order valence-corrected chi connectivity index (χ1v) is 12.0. The highest BCUT2D eigenvalue weighted by Crippen LogP contribution is 2.35. The van der Waals surface area contributed by atoms with E-state index in [-0.39, 0.29) is 28.2 Å². The first kappa shape index (κ1) is 22.2. The van der Waals surface area contributed by atoms with Crippen molar-refractivity contribution in [2.24, 2.45) is 0 Å². The highest BCUT2D eigenvalue weighted by molar-refractivity contribution is 7.92. The monoisotopic (exact) mass is 470 g/mol. The third-order valence-corrected chi connectivity index (χ3v) is 7.48. The van der Waals surface area contributed by atoms with Gasteiger partial charge in [0.1, 0.15) is 5.75 Å². The van der Waals surface area contributed by atoms with E-state index in [1.807, 2.05) is 48.5 Å². The molecule has 1 aliphatic heterocycles. The van der Waals surface area contributed by atoms with Gasteiger partial charge in [0.25, 0.3) is 15.9 Å². The molecule has 1 heterocycles. The van der Waals surface area contributed by atoms with Crippen LogP contribution in [-0.4, -0.2) is 39.4 Å². The predicted octanol–water partition coefficient (Wildman–Crippen LogP) is 4.13. The lowest BCUT2D eigenvalue weighted by Crippen LogP contribution is -2.31. The summed E-state index contributed by atoms with van der Waals surface area (Å²) in [5, 5.41) is 0.136. The zero-order chi connectivity index (χ0) is 22.7. The molecule has 0 fully saturated rings. The maximum absolute atomic E-state index is 13.2. The van der Waals surface area contributed by atoms with Crippen LogP contribution in [0.2, 0.25) is 5.02 Å². The molecule has 3 aromatic rings. The summed E-state index contributed by atoms with van der Waals surface area (Å²) in [5.74, 6) is 0.0455. The minimum atomic E-state index is -3.75. The molecule has 0 radical (unpaired) electrons. The average molecular weight is 471 g/mol. The van der Waals surface area contributed by atoms with Gasteiger partial charge in [-0.2, -0.15) is 0 Å². The van der Waals surface area contributed by atoms with Crippen LogP contribution in [0.1, 0.15) is 11.1 Å². The lowest BCUT2D eigenvalue weighted by molar-refractivity contribution is -0.132. The van der Waals surface area contributed by atoms with E-state index in [2.05, 4.69) is 0 Å². The number of hydrogen-bond acceptors (Lipinski definition) is 4. The summed E-state index contributed by atoms with van der Waals surface area (Å²) in [6.07, 6.45) is 0.670. The molecule has 0 saturated heterocycles. The van der Waals surface area contributed by atoms with E-state index in [0.29, 0.717) is 25.2 Å². The summed E-state index contributed by atoms with van der Waals surface area (Å²) < 4.78 is 33.3. The van der Waals surface area contributed by atoms with E-state index < -0.39 is 10.0 Å². The largest absolute Gasteiger partial charge is 0.482 e. The molecule has 6 nitrogen and oxygen atoms in total. The van der Waals surface area contributed by atoms with Crippen molar-refractivity contribution >= 4 is 33.2 Å². The van der Waals surface area contributed by atoms with Crippen molar-refractivity contribution < 1.29 is 17.9 Å². The van der Waals surface area contributed by atoms with E-state index in [4.69, 9.17) is 16.3 Å². The Balaban J connectivity index is 1.43. The van der Waals surface area contributed by atoms with Crippen LogP contribution in [0.15, 0.2) is 77.7 Å². The quantitative estimate of drug-likeness (QED) is 0.520. The summed E-state index contributed by atoms with van der Waals surface area (Å²) in [4.78, 5) is 14.0. The second-order valence-corrected chi connectivity index (χ2v) is 9.84. The Hall–Kier alpha value is -3.03. The molecule has 8 heteroatoms. The number of carbonyl (C=O) groups excluding carboxylic acids is 1. The molecule has 0 saturated carbocycles. The van der Waals surface area contributed by atoms with Gasteiger partial charge < -0.3 is 9.64 Å². The number of carbonyl (C=O) groups is 1. The zero-order valence-electron chi connectivity index (χ0n) is 17.6. The first-order valence-electron chi connectivity index (χ1n) is 10.2. The number of para-hydroxylation sites is 1. The van der Waals surface area contributed by atoms with Gasteiger partial charge in [-0.3, -0.25) is 9.10 Å². The lowest BCUT2D eigenvalue weighted by Gasteiger charge is -2.20. The van der Waals surface area contributed by atoms with Crippen molar-refractivity contribution in [3.05, 3.63) is 88.9 Å². The Kier molecular flexibility index (Phi) is 6.39. The van der Waals surface area contributed by atoms with Crippen molar-refractivity contribution in [2.75, 3.05) is 24.5 Å². The van der Waals surface area contributed by atoms with E-state index in [1.54, 1.807) is 18.0 Å². The molecule has 3 aromatic carbocycles. The summed E-state index contributed by atoms with van der Waals surface area (Å²) >= 11 is 6.30. The van der Waals surface area contributed by atoms with E-state index in [1.165, 1.54) is 22.5 Å². The Labute approximate surface area is 193 Å². The van der Waals surface area contributed by atoms with Crippen molar-refractivity contribution in [2.45, 2.75) is 17.9 Å². The molecule has 0 bridgehead atoms. The maximum atomic E-state index is 13.2. The minimum Gasteiger partial charge on any atom is -0.482 e. The molecule has 1 amide bonds. The molecule has 4 rings (SSSR count). The number of nitrogens with zero attached hydrogens (tertiary/aromatic N) is 2. The zero-order valence-corrected chi connectivity index (χ0v) is 19.1. The number of halogens is 1. The third-order valence-electron chi connectivity index (χ3n) is 5.38. The fraction of sp³-hybridized carbons (Fsp3) is 0.208. The molecule has 1 aliphatic rings. The molecule has 0 N–H and O–H groups in total. The van der Waals surface area contributed by atoms with Crippen LogP contribution >= 0.6 is 11.6 Å². The van der Waals surface area contributed by atoms with Gasteiger partial charge in [0.2, 0.25) is 0 Å².